The van der Waals surface area contributed by atoms with Gasteiger partial charge in [0.2, 0.25) is 0 Å². The van der Waals surface area contributed by atoms with E-state index in [-0.39, 0.29) is 22.2 Å². The Morgan fingerprint density at radius 2 is 2.27 bits per heavy atom. The van der Waals surface area contributed by atoms with Crippen molar-refractivity contribution in [3.8, 4) is 0 Å². The zero-order valence-electron chi connectivity index (χ0n) is 7.18. The molecule has 0 saturated heterocycles. The van der Waals surface area contributed by atoms with Crippen LogP contribution < -0.4 is 0 Å². The molecular weight excluding hydrogens is 387 g/mol. The SMILES string of the molecule is O=C(O)Cc1ncc(I)c(C(F)F)c1Br. The minimum absolute atomic E-state index is 0.0757. The minimum Gasteiger partial charge on any atom is -0.481 e. The van der Waals surface area contributed by atoms with Gasteiger partial charge in [-0.2, -0.15) is 0 Å². The number of hydrogen-bond acceptors (Lipinski definition) is 2. The molecule has 1 aromatic heterocycles. The van der Waals surface area contributed by atoms with Gasteiger partial charge in [-0.15, -0.1) is 0 Å². The third-order valence-electron chi connectivity index (χ3n) is 1.62. The summed E-state index contributed by atoms with van der Waals surface area (Å²) in [6, 6.07) is 0. The van der Waals surface area contributed by atoms with Gasteiger partial charge in [-0.1, -0.05) is 0 Å². The number of carbonyl (C=O) groups is 1. The zero-order valence-corrected chi connectivity index (χ0v) is 10.9. The standard InChI is InChI=1S/C8H5BrF2INO2/c9-7-4(1-5(14)15)13-2-3(12)6(7)8(10)11/h2,8H,1H2,(H,14,15). The quantitative estimate of drug-likeness (QED) is 0.806. The molecule has 1 heterocycles. The Hall–Kier alpha value is -0.310. The molecule has 0 aliphatic carbocycles. The second-order valence-corrected chi connectivity index (χ2v) is 4.61. The normalized spacial score (nSPS) is 10.7. The molecule has 3 nitrogen and oxygen atoms in total. The number of pyridine rings is 1. The van der Waals surface area contributed by atoms with Gasteiger partial charge in [-0.25, -0.2) is 8.78 Å². The third kappa shape index (κ3) is 3.07. The van der Waals surface area contributed by atoms with Crippen molar-refractivity contribution in [1.82, 2.24) is 4.98 Å². The number of halogens is 4. The van der Waals surface area contributed by atoms with Crippen LogP contribution in [0.1, 0.15) is 17.7 Å². The topological polar surface area (TPSA) is 50.2 Å². The van der Waals surface area contributed by atoms with Gasteiger partial charge in [-0.3, -0.25) is 9.78 Å². The van der Waals surface area contributed by atoms with Crippen LogP contribution in [0.25, 0.3) is 0 Å². The molecule has 82 valence electrons. The average molecular weight is 392 g/mol. The lowest BCUT2D eigenvalue weighted by Crippen LogP contribution is -2.06. The minimum atomic E-state index is -2.65. The molecule has 15 heavy (non-hydrogen) atoms. The molecule has 0 saturated carbocycles. The molecule has 1 N–H and O–H groups in total. The molecule has 0 atom stereocenters. The van der Waals surface area contributed by atoms with Crippen molar-refractivity contribution in [2.24, 2.45) is 0 Å². The highest BCUT2D eigenvalue weighted by Gasteiger charge is 2.20. The van der Waals surface area contributed by atoms with E-state index in [2.05, 4.69) is 20.9 Å². The summed E-state index contributed by atoms with van der Waals surface area (Å²) in [6.45, 7) is 0. The highest BCUT2D eigenvalue weighted by atomic mass is 127. The number of rotatable bonds is 3. The summed E-state index contributed by atoms with van der Waals surface area (Å²) in [5.74, 6) is -1.11. The molecule has 1 aromatic rings. The number of carboxylic acid groups (broad SMARTS) is 1. The van der Waals surface area contributed by atoms with Gasteiger partial charge >= 0.3 is 5.97 Å². The first-order chi connectivity index (χ1) is 6.93. The van der Waals surface area contributed by atoms with E-state index in [0.717, 1.165) is 0 Å². The van der Waals surface area contributed by atoms with Crippen molar-refractivity contribution in [2.45, 2.75) is 12.8 Å². The maximum absolute atomic E-state index is 12.6. The van der Waals surface area contributed by atoms with E-state index in [1.807, 2.05) is 0 Å². The lowest BCUT2D eigenvalue weighted by atomic mass is 10.2. The molecular formula is C8H5BrF2INO2. The van der Waals surface area contributed by atoms with Gasteiger partial charge < -0.3 is 5.11 Å². The maximum Gasteiger partial charge on any atom is 0.309 e. The fourth-order valence-corrected chi connectivity index (χ4v) is 2.63. The third-order valence-corrected chi connectivity index (χ3v) is 3.36. The summed E-state index contributed by atoms with van der Waals surface area (Å²) in [4.78, 5) is 14.2. The second-order valence-electron chi connectivity index (χ2n) is 2.65. The van der Waals surface area contributed by atoms with Crippen LogP contribution in [0.2, 0.25) is 0 Å². The Balaban J connectivity index is 3.22. The first kappa shape index (κ1) is 12.8. The Morgan fingerprint density at radius 1 is 1.67 bits per heavy atom. The smallest absolute Gasteiger partial charge is 0.309 e. The summed E-state index contributed by atoms with van der Waals surface area (Å²) < 4.78 is 25.6. The molecule has 0 fully saturated rings. The number of nitrogens with zero attached hydrogens (tertiary/aromatic N) is 1. The Bertz CT molecular complexity index is 400. The fourth-order valence-electron chi connectivity index (χ4n) is 0.988. The van der Waals surface area contributed by atoms with Crippen molar-refractivity contribution in [3.63, 3.8) is 0 Å². The first-order valence-corrected chi connectivity index (χ1v) is 5.63. The molecule has 0 aliphatic heterocycles. The van der Waals surface area contributed by atoms with Gasteiger partial charge in [0.05, 0.1) is 12.1 Å². The lowest BCUT2D eigenvalue weighted by Gasteiger charge is -2.09. The van der Waals surface area contributed by atoms with E-state index >= 15 is 0 Å². The predicted octanol–water partition coefficient (Wildman–Crippen LogP) is 3.01. The molecule has 0 radical (unpaired) electrons. The molecule has 0 aliphatic rings. The molecule has 0 bridgehead atoms. The first-order valence-electron chi connectivity index (χ1n) is 3.76. The second kappa shape index (κ2) is 5.15. The largest absolute Gasteiger partial charge is 0.481 e. The Labute approximate surface area is 106 Å². The summed E-state index contributed by atoms with van der Waals surface area (Å²) in [6.07, 6.45) is -1.79. The van der Waals surface area contributed by atoms with Crippen molar-refractivity contribution in [2.75, 3.05) is 0 Å². The predicted molar refractivity (Wildman–Crippen MR) is 61.0 cm³/mol. The molecule has 0 amide bonds. The molecule has 0 unspecified atom stereocenters. The molecule has 1 rings (SSSR count). The van der Waals surface area contributed by atoms with Gasteiger partial charge in [0.15, 0.2) is 0 Å². The average Bonchev–Trinajstić information content (AvgIpc) is 2.09. The van der Waals surface area contributed by atoms with Crippen LogP contribution in [0.5, 0.6) is 0 Å². The summed E-state index contributed by atoms with van der Waals surface area (Å²) in [5.41, 5.74) is -0.0972. The Morgan fingerprint density at radius 3 is 2.73 bits per heavy atom. The number of hydrogen-bond donors (Lipinski definition) is 1. The maximum atomic E-state index is 12.6. The van der Waals surface area contributed by atoms with E-state index in [0.29, 0.717) is 3.57 Å². The van der Waals surface area contributed by atoms with E-state index in [4.69, 9.17) is 5.11 Å². The van der Waals surface area contributed by atoms with Gasteiger partial charge in [0, 0.05) is 19.8 Å². The highest BCUT2D eigenvalue weighted by Crippen LogP contribution is 2.33. The van der Waals surface area contributed by atoms with E-state index in [1.54, 1.807) is 22.6 Å². The van der Waals surface area contributed by atoms with Crippen molar-refractivity contribution in [3.05, 3.63) is 25.5 Å². The summed E-state index contributed by atoms with van der Waals surface area (Å²) >= 11 is 4.68. The summed E-state index contributed by atoms with van der Waals surface area (Å²) in [7, 11) is 0. The monoisotopic (exact) mass is 391 g/mol. The fraction of sp³-hybridized carbons (Fsp3) is 0.250. The molecule has 0 spiro atoms. The number of carboxylic acids is 1. The van der Waals surface area contributed by atoms with Gasteiger partial charge in [0.1, 0.15) is 0 Å². The lowest BCUT2D eigenvalue weighted by molar-refractivity contribution is -0.136. The van der Waals surface area contributed by atoms with Crippen molar-refractivity contribution < 1.29 is 18.7 Å². The molecule has 0 aromatic carbocycles. The zero-order chi connectivity index (χ0) is 11.6. The van der Waals surface area contributed by atoms with Gasteiger partial charge in [0.25, 0.3) is 6.43 Å². The van der Waals surface area contributed by atoms with Crippen LogP contribution >= 0.6 is 38.5 Å². The number of aliphatic carboxylic acids is 1. The van der Waals surface area contributed by atoms with Crippen molar-refractivity contribution in [1.29, 1.82) is 0 Å². The van der Waals surface area contributed by atoms with Crippen LogP contribution in [-0.2, 0) is 11.2 Å². The van der Waals surface area contributed by atoms with Crippen LogP contribution in [-0.4, -0.2) is 16.1 Å². The molecule has 7 heteroatoms. The van der Waals surface area contributed by atoms with Crippen LogP contribution in [0.15, 0.2) is 10.7 Å². The summed E-state index contributed by atoms with van der Waals surface area (Å²) in [5, 5.41) is 8.54. The van der Waals surface area contributed by atoms with Crippen LogP contribution in [0.4, 0.5) is 8.78 Å². The Kier molecular flexibility index (Phi) is 4.38. The van der Waals surface area contributed by atoms with Crippen LogP contribution in [0.3, 0.4) is 0 Å². The van der Waals surface area contributed by atoms with Gasteiger partial charge in [-0.05, 0) is 38.5 Å². The number of aromatic nitrogens is 1. The number of alkyl halides is 2. The van der Waals surface area contributed by atoms with Crippen LogP contribution in [0, 0.1) is 3.57 Å². The highest BCUT2D eigenvalue weighted by molar-refractivity contribution is 14.1. The van der Waals surface area contributed by atoms with E-state index < -0.39 is 12.4 Å². The van der Waals surface area contributed by atoms with E-state index in [1.165, 1.54) is 6.20 Å². The van der Waals surface area contributed by atoms with Crippen molar-refractivity contribution >= 4 is 44.5 Å². The van der Waals surface area contributed by atoms with E-state index in [9.17, 15) is 13.6 Å².